The van der Waals surface area contributed by atoms with E-state index in [1.165, 1.54) is 4.90 Å². The van der Waals surface area contributed by atoms with Crippen LogP contribution in [0.1, 0.15) is 23.2 Å². The van der Waals surface area contributed by atoms with Crippen LogP contribution in [-0.2, 0) is 4.79 Å². The predicted molar refractivity (Wildman–Crippen MR) is 83.1 cm³/mol. The summed E-state index contributed by atoms with van der Waals surface area (Å²) in [5.74, 6) is 0.247. The number of nitrogens with one attached hydrogen (secondary N) is 2. The van der Waals surface area contributed by atoms with Crippen LogP contribution in [0.3, 0.4) is 0 Å². The van der Waals surface area contributed by atoms with Crippen molar-refractivity contribution in [2.45, 2.75) is 12.8 Å². The molecule has 1 fully saturated rings. The molecule has 0 bridgehead atoms. The Hall–Kier alpha value is -2.24. The minimum atomic E-state index is -0.0838. The van der Waals surface area contributed by atoms with E-state index in [1.54, 1.807) is 32.3 Å². The first-order chi connectivity index (χ1) is 9.99. The van der Waals surface area contributed by atoms with E-state index in [4.69, 9.17) is 5.73 Å². The normalized spacial score (nSPS) is 13.6. The minimum absolute atomic E-state index is 0.0838. The highest BCUT2D eigenvalue weighted by molar-refractivity contribution is 6.00. The lowest BCUT2D eigenvalue weighted by atomic mass is 10.1. The zero-order chi connectivity index (χ0) is 15.4. The van der Waals surface area contributed by atoms with Crippen LogP contribution in [0.5, 0.6) is 0 Å². The quantitative estimate of drug-likeness (QED) is 0.537. The standard InChI is InChI=1S/C15H22N4O2/c1-19(2)15(21)12-6-5-11(16)9-13(12)17-7-8-18-14(20)10-3-4-10/h5-6,9-10,17H,3-4,7-8,16H2,1-2H3,(H,18,20). The maximum Gasteiger partial charge on any atom is 0.255 e. The third kappa shape index (κ3) is 4.11. The van der Waals surface area contributed by atoms with Crippen LogP contribution in [0.25, 0.3) is 0 Å². The molecule has 1 aliphatic carbocycles. The summed E-state index contributed by atoms with van der Waals surface area (Å²) >= 11 is 0. The van der Waals surface area contributed by atoms with Crippen LogP contribution in [0, 0.1) is 5.92 Å². The summed E-state index contributed by atoms with van der Waals surface area (Å²) in [5.41, 5.74) is 7.62. The van der Waals surface area contributed by atoms with E-state index in [0.29, 0.717) is 30.0 Å². The summed E-state index contributed by atoms with van der Waals surface area (Å²) in [6, 6.07) is 5.15. The highest BCUT2D eigenvalue weighted by atomic mass is 16.2. The molecule has 1 saturated carbocycles. The number of anilines is 2. The van der Waals surface area contributed by atoms with Gasteiger partial charge in [0.2, 0.25) is 5.91 Å². The fourth-order valence-electron chi connectivity index (χ4n) is 2.01. The van der Waals surface area contributed by atoms with Crippen molar-refractivity contribution in [3.05, 3.63) is 23.8 Å². The summed E-state index contributed by atoms with van der Waals surface area (Å²) < 4.78 is 0. The Morgan fingerprint density at radius 1 is 1.29 bits per heavy atom. The van der Waals surface area contributed by atoms with E-state index in [2.05, 4.69) is 10.6 Å². The van der Waals surface area contributed by atoms with Gasteiger partial charge in [-0.1, -0.05) is 0 Å². The van der Waals surface area contributed by atoms with Gasteiger partial charge in [-0.3, -0.25) is 9.59 Å². The fourth-order valence-corrected chi connectivity index (χ4v) is 2.01. The molecule has 0 radical (unpaired) electrons. The van der Waals surface area contributed by atoms with Gasteiger partial charge in [0.25, 0.3) is 5.91 Å². The summed E-state index contributed by atoms with van der Waals surface area (Å²) in [6.07, 6.45) is 1.99. The lowest BCUT2D eigenvalue weighted by Gasteiger charge is -2.16. The summed E-state index contributed by atoms with van der Waals surface area (Å²) in [5, 5.41) is 6.04. The van der Waals surface area contributed by atoms with Crippen LogP contribution in [0.15, 0.2) is 18.2 Å². The Morgan fingerprint density at radius 2 is 2.00 bits per heavy atom. The second-order valence-corrected chi connectivity index (χ2v) is 5.50. The second kappa shape index (κ2) is 6.47. The number of nitrogen functional groups attached to an aromatic ring is 1. The van der Waals surface area contributed by atoms with Gasteiger partial charge in [0.15, 0.2) is 0 Å². The molecule has 114 valence electrons. The lowest BCUT2D eigenvalue weighted by Crippen LogP contribution is -2.30. The van der Waals surface area contributed by atoms with Crippen molar-refractivity contribution < 1.29 is 9.59 Å². The number of nitrogens with zero attached hydrogens (tertiary/aromatic N) is 1. The molecule has 0 unspecified atom stereocenters. The first-order valence-electron chi connectivity index (χ1n) is 7.12. The molecule has 0 saturated heterocycles. The number of benzene rings is 1. The number of hydrogen-bond acceptors (Lipinski definition) is 4. The van der Waals surface area contributed by atoms with Gasteiger partial charge in [-0.15, -0.1) is 0 Å². The van der Waals surface area contributed by atoms with E-state index in [0.717, 1.165) is 12.8 Å². The van der Waals surface area contributed by atoms with Crippen LogP contribution < -0.4 is 16.4 Å². The first-order valence-corrected chi connectivity index (χ1v) is 7.12. The van der Waals surface area contributed by atoms with Crippen molar-refractivity contribution in [1.82, 2.24) is 10.2 Å². The van der Waals surface area contributed by atoms with Crippen LogP contribution >= 0.6 is 0 Å². The van der Waals surface area contributed by atoms with Gasteiger partial charge >= 0.3 is 0 Å². The molecule has 2 rings (SSSR count). The SMILES string of the molecule is CN(C)C(=O)c1ccc(N)cc1NCCNC(=O)C1CC1. The van der Waals surface area contributed by atoms with Crippen molar-refractivity contribution in [2.75, 3.05) is 38.2 Å². The largest absolute Gasteiger partial charge is 0.399 e. The van der Waals surface area contributed by atoms with E-state index >= 15 is 0 Å². The molecular weight excluding hydrogens is 268 g/mol. The Balaban J connectivity index is 1.92. The van der Waals surface area contributed by atoms with Crippen molar-refractivity contribution in [1.29, 1.82) is 0 Å². The van der Waals surface area contributed by atoms with Gasteiger partial charge in [0, 0.05) is 44.5 Å². The van der Waals surface area contributed by atoms with Gasteiger partial charge in [-0.25, -0.2) is 0 Å². The Bertz CT molecular complexity index is 538. The molecule has 1 aromatic rings. The monoisotopic (exact) mass is 290 g/mol. The highest BCUT2D eigenvalue weighted by Crippen LogP contribution is 2.28. The van der Waals surface area contributed by atoms with Gasteiger partial charge in [0.05, 0.1) is 5.56 Å². The fraction of sp³-hybridized carbons (Fsp3) is 0.467. The zero-order valence-electron chi connectivity index (χ0n) is 12.5. The number of amides is 2. The number of rotatable bonds is 6. The van der Waals surface area contributed by atoms with Crippen LogP contribution in [-0.4, -0.2) is 43.9 Å². The molecule has 6 nitrogen and oxygen atoms in total. The molecule has 1 aromatic carbocycles. The summed E-state index contributed by atoms with van der Waals surface area (Å²) in [7, 11) is 3.41. The van der Waals surface area contributed by atoms with E-state index in [1.807, 2.05) is 0 Å². The van der Waals surface area contributed by atoms with E-state index in [-0.39, 0.29) is 17.7 Å². The minimum Gasteiger partial charge on any atom is -0.399 e. The van der Waals surface area contributed by atoms with E-state index in [9.17, 15) is 9.59 Å². The maximum absolute atomic E-state index is 12.1. The van der Waals surface area contributed by atoms with E-state index < -0.39 is 0 Å². The van der Waals surface area contributed by atoms with Crippen molar-refractivity contribution >= 4 is 23.2 Å². The smallest absolute Gasteiger partial charge is 0.255 e. The molecule has 6 heteroatoms. The van der Waals surface area contributed by atoms with Crippen LogP contribution in [0.4, 0.5) is 11.4 Å². The number of carbonyl (C=O) groups excluding carboxylic acids is 2. The average Bonchev–Trinajstić information content (AvgIpc) is 3.27. The zero-order valence-corrected chi connectivity index (χ0v) is 12.5. The molecule has 0 heterocycles. The molecular formula is C15H22N4O2. The van der Waals surface area contributed by atoms with Crippen LogP contribution in [0.2, 0.25) is 0 Å². The lowest BCUT2D eigenvalue weighted by molar-refractivity contribution is -0.122. The maximum atomic E-state index is 12.1. The molecule has 1 aliphatic rings. The number of nitrogens with two attached hydrogens (primary N) is 1. The molecule has 2 amide bonds. The Morgan fingerprint density at radius 3 is 2.62 bits per heavy atom. The van der Waals surface area contributed by atoms with Gasteiger partial charge < -0.3 is 21.3 Å². The van der Waals surface area contributed by atoms with Gasteiger partial charge in [0.1, 0.15) is 0 Å². The average molecular weight is 290 g/mol. The summed E-state index contributed by atoms with van der Waals surface area (Å²) in [6.45, 7) is 1.08. The molecule has 0 atom stereocenters. The highest BCUT2D eigenvalue weighted by Gasteiger charge is 2.28. The Kier molecular flexibility index (Phi) is 4.67. The number of hydrogen-bond donors (Lipinski definition) is 3. The molecule has 0 spiro atoms. The molecule has 4 N–H and O–H groups in total. The topological polar surface area (TPSA) is 87.5 Å². The van der Waals surface area contributed by atoms with Gasteiger partial charge in [-0.2, -0.15) is 0 Å². The van der Waals surface area contributed by atoms with Crippen molar-refractivity contribution in [3.8, 4) is 0 Å². The molecule has 0 aliphatic heterocycles. The van der Waals surface area contributed by atoms with Crippen molar-refractivity contribution in [2.24, 2.45) is 5.92 Å². The molecule has 0 aromatic heterocycles. The molecule has 21 heavy (non-hydrogen) atoms. The van der Waals surface area contributed by atoms with Gasteiger partial charge in [-0.05, 0) is 31.0 Å². The summed E-state index contributed by atoms with van der Waals surface area (Å²) in [4.78, 5) is 25.1. The van der Waals surface area contributed by atoms with Crippen molar-refractivity contribution in [3.63, 3.8) is 0 Å². The number of carbonyl (C=O) groups is 2. The predicted octanol–water partition coefficient (Wildman–Crippen LogP) is 0.909. The third-order valence-electron chi connectivity index (χ3n) is 3.37. The third-order valence-corrected chi connectivity index (χ3v) is 3.37. The second-order valence-electron chi connectivity index (χ2n) is 5.50. The first kappa shape index (κ1) is 15.2. The Labute approximate surface area is 124 Å².